The lowest BCUT2D eigenvalue weighted by molar-refractivity contribution is 0.523. The second-order valence-corrected chi connectivity index (χ2v) is 6.57. The molecule has 0 saturated carbocycles. The molecule has 0 spiro atoms. The smallest absolute Gasteiger partial charge is 0.241 e. The van der Waals surface area contributed by atoms with Gasteiger partial charge in [0.2, 0.25) is 10.0 Å². The monoisotopic (exact) mass is 327 g/mol. The van der Waals surface area contributed by atoms with E-state index in [0.717, 1.165) is 5.52 Å². The van der Waals surface area contributed by atoms with Gasteiger partial charge in [-0.3, -0.25) is 0 Å². The number of nitrogens with one attached hydrogen (secondary N) is 1. The average Bonchev–Trinajstić information content (AvgIpc) is 2.97. The molecule has 3 aromatic rings. The predicted molar refractivity (Wildman–Crippen MR) is 84.1 cm³/mol. The predicted octanol–water partition coefficient (Wildman–Crippen LogP) is 2.22. The molecule has 7 heteroatoms. The maximum Gasteiger partial charge on any atom is 0.241 e. The Balaban J connectivity index is 1.71. The van der Waals surface area contributed by atoms with Crippen molar-refractivity contribution >= 4 is 21.1 Å². The van der Waals surface area contributed by atoms with Crippen molar-refractivity contribution in [2.24, 2.45) is 0 Å². The SMILES string of the molecule is N#Cc1ccccc1S(=O)(=O)NCCc1nc2ccccc2o1. The maximum atomic E-state index is 12.3. The Kier molecular flexibility index (Phi) is 4.10. The zero-order chi connectivity index (χ0) is 16.3. The molecule has 0 amide bonds. The second-order valence-electron chi connectivity index (χ2n) is 4.83. The lowest BCUT2D eigenvalue weighted by atomic mass is 10.2. The Morgan fingerprint density at radius 3 is 2.65 bits per heavy atom. The summed E-state index contributed by atoms with van der Waals surface area (Å²) in [6, 6.07) is 15.3. The molecule has 1 N–H and O–H groups in total. The minimum absolute atomic E-state index is 0.0277. The second kappa shape index (κ2) is 6.20. The van der Waals surface area contributed by atoms with E-state index in [1.54, 1.807) is 18.2 Å². The quantitative estimate of drug-likeness (QED) is 0.775. The van der Waals surface area contributed by atoms with E-state index >= 15 is 0 Å². The van der Waals surface area contributed by atoms with Gasteiger partial charge in [-0.25, -0.2) is 18.1 Å². The van der Waals surface area contributed by atoms with Crippen LogP contribution in [0.25, 0.3) is 11.1 Å². The van der Waals surface area contributed by atoms with Gasteiger partial charge in [-0.05, 0) is 24.3 Å². The van der Waals surface area contributed by atoms with Crippen molar-refractivity contribution in [3.8, 4) is 6.07 Å². The number of benzene rings is 2. The Labute approximate surface area is 133 Å². The molecule has 0 aliphatic rings. The van der Waals surface area contributed by atoms with Crippen molar-refractivity contribution in [3.05, 3.63) is 60.0 Å². The number of para-hydroxylation sites is 2. The van der Waals surface area contributed by atoms with E-state index in [4.69, 9.17) is 9.68 Å². The molecular formula is C16H13N3O3S. The highest BCUT2D eigenvalue weighted by atomic mass is 32.2. The Morgan fingerprint density at radius 2 is 1.87 bits per heavy atom. The molecular weight excluding hydrogens is 314 g/mol. The van der Waals surface area contributed by atoms with E-state index in [-0.39, 0.29) is 17.0 Å². The molecule has 0 atom stereocenters. The van der Waals surface area contributed by atoms with E-state index in [0.29, 0.717) is 17.9 Å². The van der Waals surface area contributed by atoms with Gasteiger partial charge in [-0.15, -0.1) is 0 Å². The van der Waals surface area contributed by atoms with Crippen LogP contribution in [0.2, 0.25) is 0 Å². The topological polar surface area (TPSA) is 96.0 Å². The van der Waals surface area contributed by atoms with Gasteiger partial charge in [0.15, 0.2) is 11.5 Å². The molecule has 23 heavy (non-hydrogen) atoms. The summed E-state index contributed by atoms with van der Waals surface area (Å²) in [5, 5.41) is 9.00. The van der Waals surface area contributed by atoms with Gasteiger partial charge in [0.1, 0.15) is 11.6 Å². The fourth-order valence-corrected chi connectivity index (χ4v) is 3.38. The van der Waals surface area contributed by atoms with E-state index in [1.165, 1.54) is 12.1 Å². The highest BCUT2D eigenvalue weighted by molar-refractivity contribution is 7.89. The van der Waals surface area contributed by atoms with Gasteiger partial charge in [0.05, 0.1) is 10.5 Å². The number of nitriles is 1. The number of hydrogen-bond acceptors (Lipinski definition) is 5. The molecule has 1 heterocycles. The number of aromatic nitrogens is 1. The molecule has 0 aliphatic carbocycles. The first-order valence-electron chi connectivity index (χ1n) is 6.93. The van der Waals surface area contributed by atoms with Crippen LogP contribution in [0.15, 0.2) is 57.8 Å². The number of hydrogen-bond donors (Lipinski definition) is 1. The fourth-order valence-electron chi connectivity index (χ4n) is 2.19. The van der Waals surface area contributed by atoms with E-state index in [9.17, 15) is 8.42 Å². The molecule has 0 saturated heterocycles. The lowest BCUT2D eigenvalue weighted by Crippen LogP contribution is -2.26. The van der Waals surface area contributed by atoms with E-state index < -0.39 is 10.0 Å². The molecule has 0 fully saturated rings. The van der Waals surface area contributed by atoms with Crippen molar-refractivity contribution in [2.75, 3.05) is 6.54 Å². The van der Waals surface area contributed by atoms with Crippen molar-refractivity contribution in [3.63, 3.8) is 0 Å². The summed E-state index contributed by atoms with van der Waals surface area (Å²) in [6.07, 6.45) is 0.322. The molecule has 3 rings (SSSR count). The minimum Gasteiger partial charge on any atom is -0.441 e. The molecule has 0 radical (unpaired) electrons. The zero-order valence-electron chi connectivity index (χ0n) is 12.1. The fraction of sp³-hybridized carbons (Fsp3) is 0.125. The largest absolute Gasteiger partial charge is 0.441 e. The maximum absolute atomic E-state index is 12.3. The number of sulfonamides is 1. The summed E-state index contributed by atoms with van der Waals surface area (Å²) in [5.41, 5.74) is 1.52. The number of rotatable bonds is 5. The van der Waals surface area contributed by atoms with Crippen LogP contribution in [0.1, 0.15) is 11.5 Å². The summed E-state index contributed by atoms with van der Waals surface area (Å²) in [4.78, 5) is 4.26. The number of fused-ring (bicyclic) bond motifs is 1. The van der Waals surface area contributed by atoms with Gasteiger partial charge in [0.25, 0.3) is 0 Å². The highest BCUT2D eigenvalue weighted by Crippen LogP contribution is 2.16. The van der Waals surface area contributed by atoms with Gasteiger partial charge < -0.3 is 4.42 Å². The third kappa shape index (κ3) is 3.23. The molecule has 0 unspecified atom stereocenters. The zero-order valence-corrected chi connectivity index (χ0v) is 12.9. The Bertz CT molecular complexity index is 954. The summed E-state index contributed by atoms with van der Waals surface area (Å²) < 4.78 is 32.5. The average molecular weight is 327 g/mol. The Hall–Kier alpha value is -2.69. The normalized spacial score (nSPS) is 11.4. The lowest BCUT2D eigenvalue weighted by Gasteiger charge is -2.06. The Morgan fingerprint density at radius 1 is 1.13 bits per heavy atom. The first-order chi connectivity index (χ1) is 11.1. The van der Waals surface area contributed by atoms with Crippen LogP contribution in [0.3, 0.4) is 0 Å². The summed E-state index contributed by atoms with van der Waals surface area (Å²) in [5.74, 6) is 0.461. The van der Waals surface area contributed by atoms with Gasteiger partial charge in [-0.2, -0.15) is 5.26 Å². The van der Waals surface area contributed by atoms with Crippen LogP contribution in [0.5, 0.6) is 0 Å². The third-order valence-corrected chi connectivity index (χ3v) is 4.79. The minimum atomic E-state index is -3.75. The van der Waals surface area contributed by atoms with Crippen molar-refractivity contribution in [1.29, 1.82) is 5.26 Å². The van der Waals surface area contributed by atoms with Crippen LogP contribution in [-0.2, 0) is 16.4 Å². The summed E-state index contributed by atoms with van der Waals surface area (Å²) >= 11 is 0. The van der Waals surface area contributed by atoms with E-state index in [2.05, 4.69) is 9.71 Å². The van der Waals surface area contributed by atoms with Crippen LogP contribution in [-0.4, -0.2) is 19.9 Å². The van der Waals surface area contributed by atoms with E-state index in [1.807, 2.05) is 24.3 Å². The van der Waals surface area contributed by atoms with Gasteiger partial charge in [-0.1, -0.05) is 24.3 Å². The first-order valence-corrected chi connectivity index (χ1v) is 8.42. The van der Waals surface area contributed by atoms with Crippen molar-refractivity contribution < 1.29 is 12.8 Å². The highest BCUT2D eigenvalue weighted by Gasteiger charge is 2.18. The van der Waals surface area contributed by atoms with Crippen LogP contribution in [0.4, 0.5) is 0 Å². The summed E-state index contributed by atoms with van der Waals surface area (Å²) in [6.45, 7) is 0.134. The molecule has 1 aromatic heterocycles. The van der Waals surface area contributed by atoms with Crippen molar-refractivity contribution in [2.45, 2.75) is 11.3 Å². The number of oxazole rings is 1. The molecule has 2 aromatic carbocycles. The van der Waals surface area contributed by atoms with Gasteiger partial charge >= 0.3 is 0 Å². The molecule has 116 valence electrons. The van der Waals surface area contributed by atoms with Gasteiger partial charge in [0, 0.05) is 13.0 Å². The number of nitrogens with zero attached hydrogens (tertiary/aromatic N) is 2. The third-order valence-electron chi connectivity index (χ3n) is 3.27. The van der Waals surface area contributed by atoms with Crippen molar-refractivity contribution in [1.82, 2.24) is 9.71 Å². The molecule has 0 aliphatic heterocycles. The molecule has 0 bridgehead atoms. The molecule has 6 nitrogen and oxygen atoms in total. The standard InChI is InChI=1S/C16H13N3O3S/c17-11-12-5-1-4-8-15(12)23(20,21)18-10-9-16-19-13-6-2-3-7-14(13)22-16/h1-8,18H,9-10H2. The van der Waals surface area contributed by atoms with Crippen LogP contribution >= 0.6 is 0 Å². The first kappa shape index (κ1) is 15.2. The van der Waals surface area contributed by atoms with Crippen LogP contribution < -0.4 is 4.72 Å². The summed E-state index contributed by atoms with van der Waals surface area (Å²) in [7, 11) is -3.75. The van der Waals surface area contributed by atoms with Crippen LogP contribution in [0, 0.1) is 11.3 Å².